The zero-order valence-electron chi connectivity index (χ0n) is 21.3. The van der Waals surface area contributed by atoms with Crippen LogP contribution in [0.25, 0.3) is 0 Å². The molecule has 190 valence electrons. The highest BCUT2D eigenvalue weighted by Crippen LogP contribution is 2.72. The Kier molecular flexibility index (Phi) is 5.76. The number of furan rings is 1. The van der Waals surface area contributed by atoms with Crippen LogP contribution in [0.5, 0.6) is 0 Å². The Bertz CT molecular complexity index is 867. The first kappa shape index (κ1) is 23.5. The van der Waals surface area contributed by atoms with Crippen molar-refractivity contribution in [1.29, 1.82) is 0 Å². The van der Waals surface area contributed by atoms with Crippen LogP contribution in [0.3, 0.4) is 0 Å². The Morgan fingerprint density at radius 3 is 2.62 bits per heavy atom. The van der Waals surface area contributed by atoms with Crippen LogP contribution in [0.1, 0.15) is 90.0 Å². The summed E-state index contributed by atoms with van der Waals surface area (Å²) in [4.78, 5) is 2.52. The van der Waals surface area contributed by atoms with Gasteiger partial charge in [-0.15, -0.1) is 0 Å². The summed E-state index contributed by atoms with van der Waals surface area (Å²) in [5.74, 6) is 1.46. The Balaban J connectivity index is 1.31. The number of aliphatic hydroxyl groups is 2. The number of hydrogen-bond acceptors (Lipinski definition) is 5. The van der Waals surface area contributed by atoms with E-state index in [1.165, 1.54) is 25.9 Å². The van der Waals surface area contributed by atoms with E-state index < -0.39 is 11.2 Å². The molecule has 2 heterocycles. The lowest BCUT2D eigenvalue weighted by Gasteiger charge is -2.64. The largest absolute Gasteiger partial charge is 0.472 e. The van der Waals surface area contributed by atoms with Gasteiger partial charge >= 0.3 is 0 Å². The van der Waals surface area contributed by atoms with Crippen LogP contribution in [0, 0.1) is 28.6 Å². The average molecular weight is 472 g/mol. The Morgan fingerprint density at radius 1 is 1.03 bits per heavy atom. The molecule has 5 fully saturated rings. The molecule has 3 unspecified atom stereocenters. The summed E-state index contributed by atoms with van der Waals surface area (Å²) in [6.45, 7) is 8.86. The number of likely N-dealkylation sites (tertiary alicyclic amines) is 1. The van der Waals surface area contributed by atoms with E-state index in [9.17, 15) is 10.2 Å². The molecular weight excluding hydrogens is 426 g/mol. The standard InChI is InChI=1S/C29H45NO4/c1-26-10-7-23(31)19-21(26)5-6-25-24(26)8-11-27(2)28(25,32)12-13-29(27,22-9-17-33-20-22)34-18-16-30-14-3-4-15-30/h9,17,20-21,23-25,31-32H,3-8,10-16,18-19H2,1-2H3/t21?,23?,24-,25-,26+,27+,28-,29?/m1/s1. The SMILES string of the molecule is C[C@]12CCC(O)CC1CC[C@@H]1[C@H]2CC[C@]2(C)C(OCCN3CCCC3)(c3ccoc3)CC[C@@]12O. The molecule has 0 bridgehead atoms. The second-order valence-electron chi connectivity index (χ2n) is 13.0. The Morgan fingerprint density at radius 2 is 1.85 bits per heavy atom. The number of hydrogen-bond donors (Lipinski definition) is 2. The van der Waals surface area contributed by atoms with Crippen LogP contribution in [-0.4, -0.2) is 53.1 Å². The van der Waals surface area contributed by atoms with E-state index in [0.717, 1.165) is 69.9 Å². The van der Waals surface area contributed by atoms with Crippen molar-refractivity contribution in [2.24, 2.45) is 28.6 Å². The Hall–Kier alpha value is -0.880. The molecule has 0 amide bonds. The van der Waals surface area contributed by atoms with E-state index in [1.807, 2.05) is 6.26 Å². The molecule has 5 aliphatic rings. The van der Waals surface area contributed by atoms with Crippen LogP contribution in [0.4, 0.5) is 0 Å². The molecule has 4 saturated carbocycles. The molecule has 4 aliphatic carbocycles. The van der Waals surface area contributed by atoms with Gasteiger partial charge in [0.2, 0.25) is 0 Å². The first-order valence-corrected chi connectivity index (χ1v) is 14.1. The fourth-order valence-corrected chi connectivity index (χ4v) is 9.83. The van der Waals surface area contributed by atoms with Crippen molar-refractivity contribution >= 4 is 0 Å². The fraction of sp³-hybridized carbons (Fsp3) is 0.862. The van der Waals surface area contributed by atoms with Crippen LogP contribution in [0.2, 0.25) is 0 Å². The van der Waals surface area contributed by atoms with Crippen molar-refractivity contribution in [1.82, 2.24) is 4.90 Å². The smallest absolute Gasteiger partial charge is 0.104 e. The molecular formula is C29H45NO4. The number of nitrogens with zero attached hydrogens (tertiary/aromatic N) is 1. The molecule has 8 atom stereocenters. The molecule has 0 aromatic carbocycles. The first-order valence-electron chi connectivity index (χ1n) is 14.1. The summed E-state index contributed by atoms with van der Waals surface area (Å²) >= 11 is 0. The third kappa shape index (κ3) is 3.19. The van der Waals surface area contributed by atoms with Gasteiger partial charge in [0.05, 0.1) is 30.8 Å². The molecule has 2 N–H and O–H groups in total. The summed E-state index contributed by atoms with van der Waals surface area (Å²) < 4.78 is 12.6. The molecule has 1 aromatic heterocycles. The fourth-order valence-electron chi connectivity index (χ4n) is 9.83. The molecule has 5 nitrogen and oxygen atoms in total. The van der Waals surface area contributed by atoms with E-state index in [1.54, 1.807) is 6.26 Å². The van der Waals surface area contributed by atoms with Gasteiger partial charge in [-0.05, 0) is 113 Å². The van der Waals surface area contributed by atoms with Crippen LogP contribution < -0.4 is 0 Å². The lowest BCUT2D eigenvalue weighted by molar-refractivity contribution is -0.249. The maximum absolute atomic E-state index is 12.7. The quantitative estimate of drug-likeness (QED) is 0.625. The predicted octanol–water partition coefficient (Wildman–Crippen LogP) is 5.11. The highest BCUT2D eigenvalue weighted by Gasteiger charge is 2.73. The van der Waals surface area contributed by atoms with Gasteiger partial charge in [0.25, 0.3) is 0 Å². The van der Waals surface area contributed by atoms with Gasteiger partial charge < -0.3 is 24.3 Å². The van der Waals surface area contributed by atoms with Gasteiger partial charge in [0.1, 0.15) is 5.60 Å². The third-order valence-corrected chi connectivity index (χ3v) is 11.9. The minimum Gasteiger partial charge on any atom is -0.472 e. The van der Waals surface area contributed by atoms with Crippen molar-refractivity contribution in [3.8, 4) is 0 Å². The molecule has 1 aliphatic heterocycles. The van der Waals surface area contributed by atoms with Crippen LogP contribution in [0.15, 0.2) is 23.0 Å². The number of rotatable bonds is 5. The summed E-state index contributed by atoms with van der Waals surface area (Å²) in [5, 5.41) is 23.1. The van der Waals surface area contributed by atoms with E-state index in [-0.39, 0.29) is 16.9 Å². The van der Waals surface area contributed by atoms with Crippen LogP contribution in [-0.2, 0) is 10.3 Å². The molecule has 1 aromatic rings. The van der Waals surface area contributed by atoms with Gasteiger partial charge in [-0.1, -0.05) is 13.8 Å². The predicted molar refractivity (Wildman–Crippen MR) is 131 cm³/mol. The normalized spacial score (nSPS) is 48.9. The van der Waals surface area contributed by atoms with Gasteiger partial charge in [-0.25, -0.2) is 0 Å². The molecule has 1 saturated heterocycles. The van der Waals surface area contributed by atoms with Crippen molar-refractivity contribution in [3.63, 3.8) is 0 Å². The van der Waals surface area contributed by atoms with Crippen molar-refractivity contribution in [2.75, 3.05) is 26.2 Å². The van der Waals surface area contributed by atoms with Gasteiger partial charge in [0, 0.05) is 17.5 Å². The molecule has 34 heavy (non-hydrogen) atoms. The van der Waals surface area contributed by atoms with E-state index in [2.05, 4.69) is 24.8 Å². The van der Waals surface area contributed by atoms with Gasteiger partial charge in [0.15, 0.2) is 0 Å². The zero-order valence-corrected chi connectivity index (χ0v) is 21.3. The summed E-state index contributed by atoms with van der Waals surface area (Å²) in [6.07, 6.45) is 15.1. The highest BCUT2D eigenvalue weighted by molar-refractivity contribution is 5.31. The topological polar surface area (TPSA) is 66.1 Å². The van der Waals surface area contributed by atoms with E-state index >= 15 is 0 Å². The first-order chi connectivity index (χ1) is 16.3. The second-order valence-corrected chi connectivity index (χ2v) is 13.0. The van der Waals surface area contributed by atoms with Crippen LogP contribution >= 0.6 is 0 Å². The summed E-state index contributed by atoms with van der Waals surface area (Å²) in [7, 11) is 0. The molecule has 6 rings (SSSR count). The number of fused-ring (bicyclic) bond motifs is 5. The average Bonchev–Trinajstić information content (AvgIpc) is 3.57. The monoisotopic (exact) mass is 471 g/mol. The summed E-state index contributed by atoms with van der Waals surface area (Å²) in [5.41, 5.74) is -0.166. The third-order valence-electron chi connectivity index (χ3n) is 11.9. The maximum Gasteiger partial charge on any atom is 0.104 e. The van der Waals surface area contributed by atoms with Gasteiger partial charge in [-0.2, -0.15) is 0 Å². The number of ether oxygens (including phenoxy) is 1. The Labute approximate surface area is 205 Å². The van der Waals surface area contributed by atoms with E-state index in [4.69, 9.17) is 9.15 Å². The lowest BCUT2D eigenvalue weighted by Crippen LogP contribution is -2.65. The lowest BCUT2D eigenvalue weighted by atomic mass is 9.43. The van der Waals surface area contributed by atoms with E-state index in [0.29, 0.717) is 24.4 Å². The van der Waals surface area contributed by atoms with Crippen molar-refractivity contribution in [3.05, 3.63) is 24.2 Å². The van der Waals surface area contributed by atoms with Gasteiger partial charge in [-0.3, -0.25) is 0 Å². The molecule has 0 spiro atoms. The molecule has 0 radical (unpaired) electrons. The highest BCUT2D eigenvalue weighted by atomic mass is 16.5. The summed E-state index contributed by atoms with van der Waals surface area (Å²) in [6, 6.07) is 2.08. The maximum atomic E-state index is 12.7. The number of aliphatic hydroxyl groups excluding tert-OH is 1. The molecule has 5 heteroatoms. The van der Waals surface area contributed by atoms with Crippen molar-refractivity contribution in [2.45, 2.75) is 102 Å². The zero-order chi connectivity index (χ0) is 23.6. The van der Waals surface area contributed by atoms with Crippen molar-refractivity contribution < 1.29 is 19.4 Å². The second kappa shape index (κ2) is 8.33. The minimum absolute atomic E-state index is 0.129. The minimum atomic E-state index is -0.717.